The maximum Gasteiger partial charge on any atom is 0.229 e. The normalized spacial score (nSPS) is 29.3. The summed E-state index contributed by atoms with van der Waals surface area (Å²) in [5.74, 6) is 1.12. The van der Waals surface area contributed by atoms with Gasteiger partial charge in [0.2, 0.25) is 5.91 Å². The molecule has 1 amide bonds. The van der Waals surface area contributed by atoms with E-state index < -0.39 is 0 Å². The molecule has 0 aromatic heterocycles. The minimum Gasteiger partial charge on any atom is -0.342 e. The van der Waals surface area contributed by atoms with Crippen LogP contribution in [0.5, 0.6) is 0 Å². The highest BCUT2D eigenvalue weighted by atomic mass is 16.2. The monoisotopic (exact) mass is 235 g/mol. The minimum absolute atomic E-state index is 0.0174. The van der Waals surface area contributed by atoms with Crippen molar-refractivity contribution in [3.05, 3.63) is 11.6 Å². The van der Waals surface area contributed by atoms with Gasteiger partial charge in [-0.3, -0.25) is 4.79 Å². The van der Waals surface area contributed by atoms with Crippen molar-refractivity contribution in [1.29, 1.82) is 0 Å². The van der Waals surface area contributed by atoms with Crippen LogP contribution in [0.1, 0.15) is 52.9 Å². The van der Waals surface area contributed by atoms with E-state index in [-0.39, 0.29) is 5.41 Å². The minimum atomic E-state index is -0.0174. The first-order valence-electron chi connectivity index (χ1n) is 6.98. The standard InChI is InChI=1S/C15H25NO/c1-12(2)6-10-16-11-9-15(14(16)17)7-4-13(3)5-8-15/h4,12H,5-11H2,1-3H3. The highest BCUT2D eigenvalue weighted by Gasteiger charge is 2.46. The Morgan fingerprint density at radius 2 is 2.18 bits per heavy atom. The molecule has 1 unspecified atom stereocenters. The van der Waals surface area contributed by atoms with Gasteiger partial charge in [0.05, 0.1) is 5.41 Å². The number of nitrogens with zero attached hydrogens (tertiary/aromatic N) is 1. The summed E-state index contributed by atoms with van der Waals surface area (Å²) >= 11 is 0. The second kappa shape index (κ2) is 4.83. The SMILES string of the molecule is CC1=CCC2(CC1)CCN(CCC(C)C)C2=O. The zero-order valence-corrected chi connectivity index (χ0v) is 11.5. The van der Waals surface area contributed by atoms with Crippen molar-refractivity contribution < 1.29 is 4.79 Å². The van der Waals surface area contributed by atoms with Gasteiger partial charge in [-0.2, -0.15) is 0 Å². The Bertz CT molecular complexity index is 332. The van der Waals surface area contributed by atoms with E-state index in [2.05, 4.69) is 31.7 Å². The van der Waals surface area contributed by atoms with Crippen molar-refractivity contribution in [3.63, 3.8) is 0 Å². The Labute approximate surface area is 105 Å². The molecule has 1 atom stereocenters. The van der Waals surface area contributed by atoms with Crippen LogP contribution >= 0.6 is 0 Å². The molecule has 1 saturated heterocycles. The van der Waals surface area contributed by atoms with Gasteiger partial charge < -0.3 is 4.90 Å². The van der Waals surface area contributed by atoms with Crippen LogP contribution in [0.15, 0.2) is 11.6 Å². The summed E-state index contributed by atoms with van der Waals surface area (Å²) in [4.78, 5) is 14.6. The molecule has 96 valence electrons. The van der Waals surface area contributed by atoms with Crippen LogP contribution in [-0.2, 0) is 4.79 Å². The van der Waals surface area contributed by atoms with E-state index in [1.807, 2.05) is 0 Å². The Morgan fingerprint density at radius 3 is 2.76 bits per heavy atom. The lowest BCUT2D eigenvalue weighted by Crippen LogP contribution is -2.36. The largest absolute Gasteiger partial charge is 0.342 e. The molecule has 1 heterocycles. The number of rotatable bonds is 3. The van der Waals surface area contributed by atoms with Gasteiger partial charge in [-0.05, 0) is 44.9 Å². The molecule has 2 heteroatoms. The van der Waals surface area contributed by atoms with E-state index in [1.165, 1.54) is 5.57 Å². The molecular weight excluding hydrogens is 210 g/mol. The van der Waals surface area contributed by atoms with Crippen LogP contribution < -0.4 is 0 Å². The summed E-state index contributed by atoms with van der Waals surface area (Å²) in [7, 11) is 0. The quantitative estimate of drug-likeness (QED) is 0.687. The molecule has 2 rings (SSSR count). The predicted octanol–water partition coefficient (Wildman–Crippen LogP) is 3.38. The molecule has 1 aliphatic carbocycles. The van der Waals surface area contributed by atoms with Gasteiger partial charge in [-0.1, -0.05) is 25.5 Å². The second-order valence-corrected chi connectivity index (χ2v) is 6.26. The molecule has 0 N–H and O–H groups in total. The zero-order chi connectivity index (χ0) is 12.5. The fourth-order valence-electron chi connectivity index (χ4n) is 2.95. The number of hydrogen-bond acceptors (Lipinski definition) is 1. The fourth-order valence-corrected chi connectivity index (χ4v) is 2.95. The molecule has 1 fully saturated rings. The van der Waals surface area contributed by atoms with Gasteiger partial charge in [0.1, 0.15) is 0 Å². The van der Waals surface area contributed by atoms with E-state index in [0.29, 0.717) is 11.8 Å². The molecule has 0 saturated carbocycles. The van der Waals surface area contributed by atoms with E-state index in [1.54, 1.807) is 0 Å². The fraction of sp³-hybridized carbons (Fsp3) is 0.800. The maximum atomic E-state index is 12.5. The first-order valence-corrected chi connectivity index (χ1v) is 6.98. The molecule has 17 heavy (non-hydrogen) atoms. The van der Waals surface area contributed by atoms with Crippen molar-refractivity contribution in [3.8, 4) is 0 Å². The maximum absolute atomic E-state index is 12.5. The van der Waals surface area contributed by atoms with Crippen molar-refractivity contribution in [2.45, 2.75) is 52.9 Å². The topological polar surface area (TPSA) is 20.3 Å². The molecule has 0 aromatic carbocycles. The highest BCUT2D eigenvalue weighted by Crippen LogP contribution is 2.44. The lowest BCUT2D eigenvalue weighted by atomic mass is 9.74. The Kier molecular flexibility index (Phi) is 3.60. The number of likely N-dealkylation sites (tertiary alicyclic amines) is 1. The zero-order valence-electron chi connectivity index (χ0n) is 11.5. The third-order valence-corrected chi connectivity index (χ3v) is 4.42. The summed E-state index contributed by atoms with van der Waals surface area (Å²) in [6.07, 6.45) is 7.67. The first-order chi connectivity index (χ1) is 8.03. The van der Waals surface area contributed by atoms with Crippen molar-refractivity contribution >= 4 is 5.91 Å². The molecule has 0 bridgehead atoms. The molecule has 2 aliphatic rings. The first kappa shape index (κ1) is 12.7. The summed E-state index contributed by atoms with van der Waals surface area (Å²) in [6.45, 7) is 8.58. The summed E-state index contributed by atoms with van der Waals surface area (Å²) in [5.41, 5.74) is 1.44. The summed E-state index contributed by atoms with van der Waals surface area (Å²) in [6, 6.07) is 0. The molecule has 1 aliphatic heterocycles. The smallest absolute Gasteiger partial charge is 0.229 e. The summed E-state index contributed by atoms with van der Waals surface area (Å²) < 4.78 is 0. The number of amides is 1. The highest BCUT2D eigenvalue weighted by molar-refractivity contribution is 5.85. The Morgan fingerprint density at radius 1 is 1.41 bits per heavy atom. The van der Waals surface area contributed by atoms with Crippen molar-refractivity contribution in [1.82, 2.24) is 4.90 Å². The van der Waals surface area contributed by atoms with E-state index >= 15 is 0 Å². The van der Waals surface area contributed by atoms with Crippen LogP contribution in [0.2, 0.25) is 0 Å². The van der Waals surface area contributed by atoms with Gasteiger partial charge >= 0.3 is 0 Å². The predicted molar refractivity (Wildman–Crippen MR) is 70.7 cm³/mol. The van der Waals surface area contributed by atoms with Crippen molar-refractivity contribution in [2.24, 2.45) is 11.3 Å². The number of hydrogen-bond donors (Lipinski definition) is 0. The Hall–Kier alpha value is -0.790. The number of allylic oxidation sites excluding steroid dienone is 2. The lowest BCUT2D eigenvalue weighted by Gasteiger charge is -2.30. The number of carbonyl (C=O) groups excluding carboxylic acids is 1. The molecule has 0 radical (unpaired) electrons. The van der Waals surface area contributed by atoms with E-state index in [9.17, 15) is 4.79 Å². The average molecular weight is 235 g/mol. The molecule has 2 nitrogen and oxygen atoms in total. The molecule has 1 spiro atoms. The Balaban J connectivity index is 1.98. The average Bonchev–Trinajstić information content (AvgIpc) is 2.59. The van der Waals surface area contributed by atoms with Crippen LogP contribution in [0, 0.1) is 11.3 Å². The molecule has 0 aromatic rings. The van der Waals surface area contributed by atoms with Gasteiger partial charge in [-0.25, -0.2) is 0 Å². The van der Waals surface area contributed by atoms with E-state index in [0.717, 1.165) is 45.2 Å². The van der Waals surface area contributed by atoms with Crippen molar-refractivity contribution in [2.75, 3.05) is 13.1 Å². The third-order valence-electron chi connectivity index (χ3n) is 4.42. The van der Waals surface area contributed by atoms with Crippen LogP contribution in [0.3, 0.4) is 0 Å². The molecular formula is C15H25NO. The second-order valence-electron chi connectivity index (χ2n) is 6.26. The van der Waals surface area contributed by atoms with Gasteiger partial charge in [-0.15, -0.1) is 0 Å². The number of carbonyl (C=O) groups is 1. The van der Waals surface area contributed by atoms with Crippen LogP contribution in [0.4, 0.5) is 0 Å². The van der Waals surface area contributed by atoms with E-state index in [4.69, 9.17) is 0 Å². The van der Waals surface area contributed by atoms with Gasteiger partial charge in [0, 0.05) is 13.1 Å². The van der Waals surface area contributed by atoms with Crippen LogP contribution in [0.25, 0.3) is 0 Å². The van der Waals surface area contributed by atoms with Crippen LogP contribution in [-0.4, -0.2) is 23.9 Å². The third kappa shape index (κ3) is 2.56. The van der Waals surface area contributed by atoms with Gasteiger partial charge in [0.15, 0.2) is 0 Å². The lowest BCUT2D eigenvalue weighted by molar-refractivity contribution is -0.136. The summed E-state index contributed by atoms with van der Waals surface area (Å²) in [5, 5.41) is 0. The van der Waals surface area contributed by atoms with Gasteiger partial charge in [0.25, 0.3) is 0 Å².